The highest BCUT2D eigenvalue weighted by molar-refractivity contribution is 7.84. The van der Waals surface area contributed by atoms with E-state index in [1.807, 2.05) is 37.4 Å². The lowest BCUT2D eigenvalue weighted by Crippen LogP contribution is -2.21. The van der Waals surface area contributed by atoms with E-state index < -0.39 is 10.8 Å². The van der Waals surface area contributed by atoms with E-state index in [1.165, 1.54) is 0 Å². The highest BCUT2D eigenvalue weighted by Gasteiger charge is 2.15. The Hall–Kier alpha value is -1.13. The van der Waals surface area contributed by atoms with Crippen LogP contribution in [-0.2, 0) is 10.8 Å². The fourth-order valence-corrected chi connectivity index (χ4v) is 2.52. The largest absolute Gasteiger partial charge is 0.459 e. The second-order valence-corrected chi connectivity index (χ2v) is 5.25. The summed E-state index contributed by atoms with van der Waals surface area (Å²) in [6.45, 7) is 0. The van der Waals surface area contributed by atoms with Crippen LogP contribution in [0, 0.1) is 0 Å². The van der Waals surface area contributed by atoms with Crippen LogP contribution in [-0.4, -0.2) is 23.3 Å². The van der Waals surface area contributed by atoms with E-state index in [9.17, 15) is 4.21 Å². The molecule has 0 aliphatic rings. The SMILES string of the molecule is CNC(CS(C)=O)c1cc2ccccc2o1. The fraction of sp³-hybridized carbons (Fsp3) is 0.333. The maximum Gasteiger partial charge on any atom is 0.134 e. The molecule has 2 rings (SSSR count). The molecule has 0 amide bonds. The number of nitrogens with one attached hydrogen (secondary N) is 1. The van der Waals surface area contributed by atoms with Crippen LogP contribution in [0.5, 0.6) is 0 Å². The van der Waals surface area contributed by atoms with E-state index in [1.54, 1.807) is 6.26 Å². The minimum Gasteiger partial charge on any atom is -0.459 e. The maximum atomic E-state index is 11.2. The molecule has 0 aliphatic heterocycles. The zero-order valence-corrected chi connectivity index (χ0v) is 10.2. The van der Waals surface area contributed by atoms with Gasteiger partial charge in [-0.1, -0.05) is 18.2 Å². The Morgan fingerprint density at radius 1 is 1.44 bits per heavy atom. The first kappa shape index (κ1) is 11.4. The van der Waals surface area contributed by atoms with Crippen LogP contribution < -0.4 is 5.32 Å². The topological polar surface area (TPSA) is 42.2 Å². The number of rotatable bonds is 4. The summed E-state index contributed by atoms with van der Waals surface area (Å²) >= 11 is 0. The summed E-state index contributed by atoms with van der Waals surface area (Å²) in [6, 6.07) is 9.89. The van der Waals surface area contributed by atoms with Crippen LogP contribution in [0.1, 0.15) is 11.8 Å². The Morgan fingerprint density at radius 2 is 2.19 bits per heavy atom. The van der Waals surface area contributed by atoms with Crippen LogP contribution >= 0.6 is 0 Å². The van der Waals surface area contributed by atoms with Crippen LogP contribution in [0.25, 0.3) is 11.0 Å². The van der Waals surface area contributed by atoms with Gasteiger partial charge < -0.3 is 9.73 Å². The molecule has 0 saturated heterocycles. The zero-order chi connectivity index (χ0) is 11.5. The van der Waals surface area contributed by atoms with E-state index >= 15 is 0 Å². The van der Waals surface area contributed by atoms with Gasteiger partial charge in [0.05, 0.1) is 6.04 Å². The quantitative estimate of drug-likeness (QED) is 0.885. The molecule has 86 valence electrons. The number of hydrogen-bond donors (Lipinski definition) is 1. The first-order valence-electron chi connectivity index (χ1n) is 5.16. The Labute approximate surface area is 97.3 Å². The predicted molar refractivity (Wildman–Crippen MR) is 66.9 cm³/mol. The van der Waals surface area contributed by atoms with Crippen LogP contribution in [0.2, 0.25) is 0 Å². The molecule has 0 fully saturated rings. The lowest BCUT2D eigenvalue weighted by Gasteiger charge is -2.10. The summed E-state index contributed by atoms with van der Waals surface area (Å²) in [6.07, 6.45) is 1.70. The van der Waals surface area contributed by atoms with Gasteiger partial charge in [0.1, 0.15) is 11.3 Å². The molecule has 1 aromatic heterocycles. The molecule has 4 heteroatoms. The molecule has 0 saturated carbocycles. The monoisotopic (exact) mass is 237 g/mol. The Bertz CT molecular complexity index is 473. The molecule has 0 aliphatic carbocycles. The lowest BCUT2D eigenvalue weighted by atomic mass is 10.2. The second-order valence-electron chi connectivity index (χ2n) is 3.77. The van der Waals surface area contributed by atoms with Gasteiger partial charge in [0.15, 0.2) is 0 Å². The first-order chi connectivity index (χ1) is 7.70. The number of fused-ring (bicyclic) bond motifs is 1. The third kappa shape index (κ3) is 2.33. The fourth-order valence-electron chi connectivity index (χ4n) is 1.72. The molecule has 2 unspecified atom stereocenters. The van der Waals surface area contributed by atoms with Gasteiger partial charge in [0.2, 0.25) is 0 Å². The average Bonchev–Trinajstić information content (AvgIpc) is 2.68. The molecule has 1 aromatic carbocycles. The molecular formula is C12H15NO2S. The van der Waals surface area contributed by atoms with Crippen molar-refractivity contribution in [2.75, 3.05) is 19.1 Å². The van der Waals surface area contributed by atoms with Crippen molar-refractivity contribution in [2.24, 2.45) is 0 Å². The molecule has 0 spiro atoms. The first-order valence-corrected chi connectivity index (χ1v) is 6.89. The molecular weight excluding hydrogens is 222 g/mol. The van der Waals surface area contributed by atoms with Crippen molar-refractivity contribution in [3.05, 3.63) is 36.1 Å². The zero-order valence-electron chi connectivity index (χ0n) is 9.40. The molecule has 16 heavy (non-hydrogen) atoms. The second kappa shape index (κ2) is 4.80. The predicted octanol–water partition coefficient (Wildman–Crippen LogP) is 2.07. The average molecular weight is 237 g/mol. The number of furan rings is 1. The Kier molecular flexibility index (Phi) is 3.41. The number of hydrogen-bond acceptors (Lipinski definition) is 3. The van der Waals surface area contributed by atoms with Crippen molar-refractivity contribution >= 4 is 21.8 Å². The summed E-state index contributed by atoms with van der Waals surface area (Å²) in [5.41, 5.74) is 0.875. The smallest absolute Gasteiger partial charge is 0.134 e. The molecule has 1 heterocycles. The van der Waals surface area contributed by atoms with Crippen molar-refractivity contribution in [3.63, 3.8) is 0 Å². The summed E-state index contributed by atoms with van der Waals surface area (Å²) in [5.74, 6) is 1.41. The van der Waals surface area contributed by atoms with Gasteiger partial charge in [-0.3, -0.25) is 4.21 Å². The molecule has 2 atom stereocenters. The minimum absolute atomic E-state index is 0.0123. The van der Waals surface area contributed by atoms with Crippen molar-refractivity contribution in [1.82, 2.24) is 5.32 Å². The Morgan fingerprint density at radius 3 is 2.81 bits per heavy atom. The van der Waals surface area contributed by atoms with E-state index in [0.29, 0.717) is 5.75 Å². The molecule has 0 bridgehead atoms. The minimum atomic E-state index is -0.840. The van der Waals surface area contributed by atoms with E-state index in [-0.39, 0.29) is 6.04 Å². The van der Waals surface area contributed by atoms with E-state index in [2.05, 4.69) is 5.32 Å². The Balaban J connectivity index is 2.34. The summed E-state index contributed by atoms with van der Waals surface area (Å²) in [4.78, 5) is 0. The van der Waals surface area contributed by atoms with Crippen LogP contribution in [0.15, 0.2) is 34.7 Å². The van der Waals surface area contributed by atoms with Gasteiger partial charge in [0, 0.05) is 28.2 Å². The highest BCUT2D eigenvalue weighted by Crippen LogP contribution is 2.23. The summed E-state index contributed by atoms with van der Waals surface area (Å²) in [7, 11) is 1.01. The molecule has 1 N–H and O–H groups in total. The van der Waals surface area contributed by atoms with Gasteiger partial charge in [-0.25, -0.2) is 0 Å². The van der Waals surface area contributed by atoms with Gasteiger partial charge in [-0.05, 0) is 19.2 Å². The van der Waals surface area contributed by atoms with Gasteiger partial charge in [0.25, 0.3) is 0 Å². The normalized spacial score (nSPS) is 15.1. The highest BCUT2D eigenvalue weighted by atomic mass is 32.2. The maximum absolute atomic E-state index is 11.2. The van der Waals surface area contributed by atoms with Gasteiger partial charge in [-0.2, -0.15) is 0 Å². The van der Waals surface area contributed by atoms with Gasteiger partial charge >= 0.3 is 0 Å². The van der Waals surface area contributed by atoms with Gasteiger partial charge in [-0.15, -0.1) is 0 Å². The molecule has 2 aromatic rings. The third-order valence-electron chi connectivity index (χ3n) is 2.54. The van der Waals surface area contributed by atoms with Crippen LogP contribution in [0.4, 0.5) is 0 Å². The third-order valence-corrected chi connectivity index (χ3v) is 3.34. The summed E-state index contributed by atoms with van der Waals surface area (Å²) < 4.78 is 17.0. The lowest BCUT2D eigenvalue weighted by molar-refractivity contribution is 0.477. The van der Waals surface area contributed by atoms with Crippen molar-refractivity contribution in [1.29, 1.82) is 0 Å². The van der Waals surface area contributed by atoms with Crippen molar-refractivity contribution < 1.29 is 8.63 Å². The molecule has 0 radical (unpaired) electrons. The standard InChI is InChI=1S/C12H15NO2S/c1-13-10(8-16(2)14)12-7-9-5-3-4-6-11(9)15-12/h3-7,10,13H,8H2,1-2H3. The van der Waals surface area contributed by atoms with Crippen molar-refractivity contribution in [2.45, 2.75) is 6.04 Å². The summed E-state index contributed by atoms with van der Waals surface area (Å²) in [5, 5.41) is 4.21. The van der Waals surface area contributed by atoms with Crippen molar-refractivity contribution in [3.8, 4) is 0 Å². The number of benzene rings is 1. The molecule has 3 nitrogen and oxygen atoms in total. The van der Waals surface area contributed by atoms with E-state index in [4.69, 9.17) is 4.42 Å². The van der Waals surface area contributed by atoms with Crippen LogP contribution in [0.3, 0.4) is 0 Å². The number of para-hydroxylation sites is 1. The van der Waals surface area contributed by atoms with E-state index in [0.717, 1.165) is 16.7 Å².